The Balaban J connectivity index is 5.91. The smallest absolute Gasteiger partial charge is 0.335 e. The second-order valence-corrected chi connectivity index (χ2v) is 4.24. The summed E-state index contributed by atoms with van der Waals surface area (Å²) in [6.45, 7) is 1.65. The van der Waals surface area contributed by atoms with Crippen molar-refractivity contribution in [2.24, 2.45) is 0 Å². The minimum absolute atomic E-state index is 0.442. The molecule has 0 aliphatic rings. The number of carbonyl (C=O) groups is 4. The monoisotopic (exact) mass is 308 g/mol. The second-order valence-electron chi connectivity index (χ2n) is 4.24. The van der Waals surface area contributed by atoms with Gasteiger partial charge in [0.1, 0.15) is 6.10 Å². The van der Waals surface area contributed by atoms with Gasteiger partial charge in [0.05, 0.1) is 0 Å². The van der Waals surface area contributed by atoms with E-state index >= 15 is 0 Å². The van der Waals surface area contributed by atoms with Gasteiger partial charge < -0.3 is 36.2 Å². The van der Waals surface area contributed by atoms with Gasteiger partial charge in [-0.2, -0.15) is 0 Å². The summed E-state index contributed by atoms with van der Waals surface area (Å²) in [7, 11) is 0. The first-order valence-electron chi connectivity index (χ1n) is 5.48. The third-order valence-electron chi connectivity index (χ3n) is 2.46. The van der Waals surface area contributed by atoms with Gasteiger partial charge in [-0.1, -0.05) is 0 Å². The number of carbonyl (C=O) groups excluding carboxylic acids is 3. The van der Waals surface area contributed by atoms with E-state index in [1.165, 1.54) is 5.32 Å². The number of hydrogen-bond acceptors (Lipinski definition) is 8. The van der Waals surface area contributed by atoms with Crippen LogP contribution in [0.25, 0.3) is 0 Å². The Labute approximate surface area is 118 Å². The lowest BCUT2D eigenvalue weighted by atomic mass is 9.90. The van der Waals surface area contributed by atoms with Crippen molar-refractivity contribution in [3.8, 4) is 0 Å². The maximum atomic E-state index is 11.1. The van der Waals surface area contributed by atoms with Crippen LogP contribution in [-0.2, 0) is 19.2 Å². The lowest BCUT2D eigenvalue weighted by Gasteiger charge is -2.43. The standard InChI is InChI=1S/C10H16N2O9/c1-4(14)11-9(20,3-13)10(21,12-5(2)15)7(17)6(16)8(18)19/h3,6-7,16-17,20-21H,1-2H3,(H,11,14)(H,12,15)(H,18,19)/t6-,7+,9+,10-/m0/s1. The zero-order valence-corrected chi connectivity index (χ0v) is 11.1. The number of amides is 2. The van der Waals surface area contributed by atoms with Crippen LogP contribution >= 0.6 is 0 Å². The molecule has 0 aromatic carbocycles. The normalized spacial score (nSPS) is 19.3. The number of carboxylic acids is 1. The Hall–Kier alpha value is -2.08. The highest BCUT2D eigenvalue weighted by molar-refractivity contribution is 5.82. The number of aliphatic hydroxyl groups is 4. The van der Waals surface area contributed by atoms with Gasteiger partial charge in [-0.25, -0.2) is 4.79 Å². The van der Waals surface area contributed by atoms with Crippen molar-refractivity contribution in [3.05, 3.63) is 0 Å². The molecule has 2 amide bonds. The van der Waals surface area contributed by atoms with Gasteiger partial charge in [-0.3, -0.25) is 14.4 Å². The summed E-state index contributed by atoms with van der Waals surface area (Å²) in [5.41, 5.74) is -6.69. The van der Waals surface area contributed by atoms with Gasteiger partial charge in [0.15, 0.2) is 12.4 Å². The number of aliphatic carboxylic acids is 1. The van der Waals surface area contributed by atoms with Crippen molar-refractivity contribution in [1.82, 2.24) is 10.6 Å². The second kappa shape index (κ2) is 6.58. The minimum Gasteiger partial charge on any atom is -0.479 e. The molecule has 21 heavy (non-hydrogen) atoms. The van der Waals surface area contributed by atoms with Gasteiger partial charge in [0.2, 0.25) is 23.3 Å². The van der Waals surface area contributed by atoms with Gasteiger partial charge in [-0.15, -0.1) is 0 Å². The lowest BCUT2D eigenvalue weighted by Crippen LogP contribution is -2.78. The quantitative estimate of drug-likeness (QED) is 0.180. The molecule has 4 atom stereocenters. The predicted molar refractivity (Wildman–Crippen MR) is 63.2 cm³/mol. The molecule has 120 valence electrons. The van der Waals surface area contributed by atoms with E-state index in [-0.39, 0.29) is 0 Å². The van der Waals surface area contributed by atoms with E-state index in [1.807, 2.05) is 0 Å². The van der Waals surface area contributed by atoms with E-state index in [9.17, 15) is 39.6 Å². The van der Waals surface area contributed by atoms with Crippen LogP contribution in [0.1, 0.15) is 13.8 Å². The van der Waals surface area contributed by atoms with Gasteiger partial charge >= 0.3 is 5.97 Å². The van der Waals surface area contributed by atoms with Crippen molar-refractivity contribution in [2.45, 2.75) is 37.5 Å². The summed E-state index contributed by atoms with van der Waals surface area (Å²) in [5, 5.41) is 50.6. The molecule has 11 heteroatoms. The van der Waals surface area contributed by atoms with Gasteiger partial charge in [-0.05, 0) is 0 Å². The summed E-state index contributed by atoms with van der Waals surface area (Å²) >= 11 is 0. The van der Waals surface area contributed by atoms with E-state index in [4.69, 9.17) is 5.11 Å². The molecule has 0 unspecified atom stereocenters. The summed E-state index contributed by atoms with van der Waals surface area (Å²) < 4.78 is 0. The maximum absolute atomic E-state index is 11.1. The fraction of sp³-hybridized carbons (Fsp3) is 0.600. The predicted octanol–water partition coefficient (Wildman–Crippen LogP) is -4.36. The molecule has 0 saturated heterocycles. The molecular formula is C10H16N2O9. The Morgan fingerprint density at radius 3 is 1.76 bits per heavy atom. The SMILES string of the molecule is CC(=O)N[C@@](O)(C=O)[C@](O)(NC(C)=O)[C@H](O)[C@H](O)C(=O)O. The average Bonchev–Trinajstić information content (AvgIpc) is 2.34. The first kappa shape index (κ1) is 18.9. The molecule has 0 aromatic heterocycles. The van der Waals surface area contributed by atoms with Crippen LogP contribution in [0.15, 0.2) is 0 Å². The molecule has 0 aliphatic heterocycles. The molecule has 11 nitrogen and oxygen atoms in total. The number of aldehydes is 1. The Bertz CT molecular complexity index is 454. The minimum atomic E-state index is -3.40. The highest BCUT2D eigenvalue weighted by Crippen LogP contribution is 2.23. The molecule has 0 aliphatic carbocycles. The van der Waals surface area contributed by atoms with E-state index in [2.05, 4.69) is 0 Å². The summed E-state index contributed by atoms with van der Waals surface area (Å²) in [4.78, 5) is 43.6. The largest absolute Gasteiger partial charge is 0.479 e. The van der Waals surface area contributed by atoms with Crippen LogP contribution in [0.4, 0.5) is 0 Å². The Morgan fingerprint density at radius 2 is 1.48 bits per heavy atom. The maximum Gasteiger partial charge on any atom is 0.335 e. The van der Waals surface area contributed by atoms with Crippen LogP contribution in [0.3, 0.4) is 0 Å². The number of nitrogens with one attached hydrogen (secondary N) is 2. The van der Waals surface area contributed by atoms with E-state index in [1.54, 1.807) is 5.32 Å². The fourth-order valence-electron chi connectivity index (χ4n) is 1.51. The van der Waals surface area contributed by atoms with Crippen LogP contribution in [-0.4, -0.2) is 73.3 Å². The fourth-order valence-corrected chi connectivity index (χ4v) is 1.51. The number of rotatable bonds is 7. The first-order chi connectivity index (χ1) is 9.41. The third-order valence-corrected chi connectivity index (χ3v) is 2.46. The van der Waals surface area contributed by atoms with Gasteiger partial charge in [0, 0.05) is 13.8 Å². The summed E-state index contributed by atoms with van der Waals surface area (Å²) in [6.07, 6.45) is -5.87. The van der Waals surface area contributed by atoms with E-state index in [0.29, 0.717) is 0 Å². The molecule has 0 rings (SSSR count). The molecule has 0 bridgehead atoms. The molecule has 0 radical (unpaired) electrons. The summed E-state index contributed by atoms with van der Waals surface area (Å²) in [5.74, 6) is -4.16. The lowest BCUT2D eigenvalue weighted by molar-refractivity contribution is -0.237. The van der Waals surface area contributed by atoms with Crippen molar-refractivity contribution in [2.75, 3.05) is 0 Å². The zero-order chi connectivity index (χ0) is 17.0. The van der Waals surface area contributed by atoms with Crippen molar-refractivity contribution >= 4 is 24.1 Å². The molecule has 0 aromatic rings. The van der Waals surface area contributed by atoms with Crippen molar-refractivity contribution < 1.29 is 44.7 Å². The molecule has 0 saturated carbocycles. The average molecular weight is 308 g/mol. The molecular weight excluding hydrogens is 292 g/mol. The van der Waals surface area contributed by atoms with Gasteiger partial charge in [0.25, 0.3) is 0 Å². The van der Waals surface area contributed by atoms with Crippen LogP contribution in [0.5, 0.6) is 0 Å². The van der Waals surface area contributed by atoms with Crippen molar-refractivity contribution in [3.63, 3.8) is 0 Å². The number of aliphatic hydroxyl groups excluding tert-OH is 2. The summed E-state index contributed by atoms with van der Waals surface area (Å²) in [6, 6.07) is 0. The van der Waals surface area contributed by atoms with E-state index < -0.39 is 47.7 Å². The third kappa shape index (κ3) is 3.95. The van der Waals surface area contributed by atoms with Crippen LogP contribution in [0, 0.1) is 0 Å². The highest BCUT2D eigenvalue weighted by atomic mass is 16.4. The molecule has 0 fully saturated rings. The topological polar surface area (TPSA) is 193 Å². The zero-order valence-electron chi connectivity index (χ0n) is 11.1. The molecule has 7 N–H and O–H groups in total. The van der Waals surface area contributed by atoms with Crippen LogP contribution in [0.2, 0.25) is 0 Å². The molecule has 0 heterocycles. The first-order valence-corrected chi connectivity index (χ1v) is 5.48. The van der Waals surface area contributed by atoms with Crippen molar-refractivity contribution in [1.29, 1.82) is 0 Å². The number of hydrogen-bond donors (Lipinski definition) is 7. The molecule has 0 spiro atoms. The Kier molecular flexibility index (Phi) is 5.93. The number of carboxylic acid groups (broad SMARTS) is 1. The van der Waals surface area contributed by atoms with E-state index in [0.717, 1.165) is 13.8 Å². The Morgan fingerprint density at radius 1 is 1.05 bits per heavy atom. The van der Waals surface area contributed by atoms with Crippen LogP contribution < -0.4 is 10.6 Å². The highest BCUT2D eigenvalue weighted by Gasteiger charge is 2.59.